The monoisotopic (exact) mass is 372 g/mol. The number of benzene rings is 2. The minimum atomic E-state index is -0.188. The van der Waals surface area contributed by atoms with Gasteiger partial charge in [-0.1, -0.05) is 12.1 Å². The van der Waals surface area contributed by atoms with Crippen LogP contribution in [0.4, 0.5) is 0 Å². The molecule has 0 heterocycles. The van der Waals surface area contributed by atoms with Crippen LogP contribution in [0.15, 0.2) is 60.6 Å². The van der Waals surface area contributed by atoms with Gasteiger partial charge in [-0.3, -0.25) is 0 Å². The number of aliphatic hydroxyl groups excluding tert-OH is 1. The Morgan fingerprint density at radius 2 is 1.70 bits per heavy atom. The highest BCUT2D eigenvalue weighted by atomic mass is 16.5. The summed E-state index contributed by atoms with van der Waals surface area (Å²) < 4.78 is 10.8. The molecule has 6 nitrogen and oxygen atoms in total. The smallest absolute Gasteiger partial charge is 0.161 e. The van der Waals surface area contributed by atoms with E-state index in [0.717, 1.165) is 11.1 Å². The molecule has 0 radical (unpaired) electrons. The van der Waals surface area contributed by atoms with Gasteiger partial charge in [-0.15, -0.1) is 0 Å². The molecule has 0 atom stereocenters. The summed E-state index contributed by atoms with van der Waals surface area (Å²) in [4.78, 5) is 0. The van der Waals surface area contributed by atoms with Gasteiger partial charge in [0, 0.05) is 6.07 Å². The number of phenols is 3. The summed E-state index contributed by atoms with van der Waals surface area (Å²) in [7, 11) is 0. The van der Waals surface area contributed by atoms with Crippen LogP contribution < -0.4 is 4.74 Å². The molecule has 0 fully saturated rings. The molecular formula is C21H24O6. The van der Waals surface area contributed by atoms with Crippen LogP contribution >= 0.6 is 0 Å². The highest BCUT2D eigenvalue weighted by Gasteiger charge is 2.04. The maximum absolute atomic E-state index is 9.80. The molecule has 144 valence electrons. The molecule has 4 N–H and O–H groups in total. The standard InChI is InChI=1S/C21H24O6/c1-15(16-5-7-17(22)8-6-16)13-26-11-3-2-4-19(24)14-27-21-10-9-18(23)12-20(21)25/h4-10,12-13,22-25H,2-3,11,14H2,1H3/b15-13+,19-4-. The zero-order chi connectivity index (χ0) is 19.6. The molecule has 2 aromatic carbocycles. The Morgan fingerprint density at radius 1 is 1.00 bits per heavy atom. The number of allylic oxidation sites excluding steroid dienone is 2. The maximum Gasteiger partial charge on any atom is 0.161 e. The molecule has 0 spiro atoms. The van der Waals surface area contributed by atoms with E-state index in [-0.39, 0.29) is 35.4 Å². The van der Waals surface area contributed by atoms with Gasteiger partial charge in [0.1, 0.15) is 23.9 Å². The summed E-state index contributed by atoms with van der Waals surface area (Å²) in [6, 6.07) is 10.9. The van der Waals surface area contributed by atoms with Crippen LogP contribution in [0.3, 0.4) is 0 Å². The van der Waals surface area contributed by atoms with Crippen molar-refractivity contribution in [2.45, 2.75) is 19.8 Å². The molecule has 0 aromatic heterocycles. The zero-order valence-electron chi connectivity index (χ0n) is 15.1. The van der Waals surface area contributed by atoms with Crippen LogP contribution in [0.25, 0.3) is 5.57 Å². The van der Waals surface area contributed by atoms with Crippen molar-refractivity contribution >= 4 is 5.57 Å². The SMILES string of the molecule is C/C(=C\OCCC/C=C(\O)COc1ccc(O)cc1O)c1ccc(O)cc1. The van der Waals surface area contributed by atoms with Gasteiger partial charge < -0.3 is 29.9 Å². The van der Waals surface area contributed by atoms with Gasteiger partial charge >= 0.3 is 0 Å². The molecule has 0 aliphatic rings. The third-order valence-corrected chi connectivity index (χ3v) is 3.75. The minimum absolute atomic E-state index is 0.0540. The topological polar surface area (TPSA) is 99.4 Å². The lowest BCUT2D eigenvalue weighted by Crippen LogP contribution is -2.01. The van der Waals surface area contributed by atoms with Gasteiger partial charge in [0.05, 0.1) is 12.9 Å². The Balaban J connectivity index is 1.67. The van der Waals surface area contributed by atoms with E-state index in [1.807, 2.05) is 19.1 Å². The van der Waals surface area contributed by atoms with E-state index in [4.69, 9.17) is 9.47 Å². The third-order valence-electron chi connectivity index (χ3n) is 3.75. The van der Waals surface area contributed by atoms with Gasteiger partial charge in [-0.25, -0.2) is 0 Å². The quantitative estimate of drug-likeness (QED) is 0.382. The Labute approximate surface area is 158 Å². The molecule has 0 amide bonds. The van der Waals surface area contributed by atoms with Gasteiger partial charge in [-0.2, -0.15) is 0 Å². The van der Waals surface area contributed by atoms with Gasteiger partial charge in [0.25, 0.3) is 0 Å². The van der Waals surface area contributed by atoms with E-state index in [0.29, 0.717) is 19.4 Å². The first-order chi connectivity index (χ1) is 13.0. The molecule has 2 rings (SSSR count). The van der Waals surface area contributed by atoms with Crippen LogP contribution in [0, 0.1) is 0 Å². The third kappa shape index (κ3) is 6.86. The highest BCUT2D eigenvalue weighted by Crippen LogP contribution is 2.29. The van der Waals surface area contributed by atoms with Crippen molar-refractivity contribution in [1.82, 2.24) is 0 Å². The first-order valence-electron chi connectivity index (χ1n) is 8.56. The molecule has 0 aliphatic carbocycles. The van der Waals surface area contributed by atoms with Crippen molar-refractivity contribution in [1.29, 1.82) is 0 Å². The van der Waals surface area contributed by atoms with Crippen molar-refractivity contribution in [2.24, 2.45) is 0 Å². The molecule has 2 aromatic rings. The highest BCUT2D eigenvalue weighted by molar-refractivity contribution is 5.63. The summed E-state index contributed by atoms with van der Waals surface area (Å²) >= 11 is 0. The van der Waals surface area contributed by atoms with Gasteiger partial charge in [-0.05, 0) is 61.2 Å². The maximum atomic E-state index is 9.80. The Bertz CT molecular complexity index is 793. The number of unbranched alkanes of at least 4 members (excludes halogenated alkanes) is 1. The predicted molar refractivity (Wildman–Crippen MR) is 103 cm³/mol. The number of phenolic OH excluding ortho intramolecular Hbond substituents is 3. The van der Waals surface area contributed by atoms with E-state index in [1.165, 1.54) is 18.2 Å². The van der Waals surface area contributed by atoms with Crippen LogP contribution in [-0.2, 0) is 4.74 Å². The number of hydrogen-bond donors (Lipinski definition) is 4. The lowest BCUT2D eigenvalue weighted by Gasteiger charge is -2.08. The lowest BCUT2D eigenvalue weighted by molar-refractivity contribution is 0.243. The van der Waals surface area contributed by atoms with Crippen LogP contribution in [0.1, 0.15) is 25.3 Å². The van der Waals surface area contributed by atoms with E-state index >= 15 is 0 Å². The zero-order valence-corrected chi connectivity index (χ0v) is 15.1. The predicted octanol–water partition coefficient (Wildman–Crippen LogP) is 4.48. The van der Waals surface area contributed by atoms with Crippen molar-refractivity contribution in [3.05, 3.63) is 66.1 Å². The summed E-state index contributed by atoms with van der Waals surface area (Å²) in [5.74, 6) is 0.217. The largest absolute Gasteiger partial charge is 0.509 e. The summed E-state index contributed by atoms with van der Waals surface area (Å²) in [6.45, 7) is 2.35. The second-order valence-corrected chi connectivity index (χ2v) is 6.00. The molecule has 0 saturated heterocycles. The second kappa shape index (κ2) is 10.0. The van der Waals surface area contributed by atoms with Crippen molar-refractivity contribution in [3.8, 4) is 23.0 Å². The van der Waals surface area contributed by atoms with E-state index < -0.39 is 0 Å². The average Bonchev–Trinajstić information content (AvgIpc) is 2.64. The van der Waals surface area contributed by atoms with Gasteiger partial charge in [0.15, 0.2) is 11.5 Å². The summed E-state index contributed by atoms with van der Waals surface area (Å²) in [5, 5.41) is 37.9. The minimum Gasteiger partial charge on any atom is -0.509 e. The van der Waals surface area contributed by atoms with Crippen molar-refractivity contribution < 1.29 is 29.9 Å². The van der Waals surface area contributed by atoms with Crippen molar-refractivity contribution in [2.75, 3.05) is 13.2 Å². The molecule has 27 heavy (non-hydrogen) atoms. The number of rotatable bonds is 9. The second-order valence-electron chi connectivity index (χ2n) is 6.00. The fraction of sp³-hybridized carbons (Fsp3) is 0.238. The lowest BCUT2D eigenvalue weighted by atomic mass is 10.1. The molecule has 0 unspecified atom stereocenters. The number of aromatic hydroxyl groups is 3. The molecule has 6 heteroatoms. The first-order valence-corrected chi connectivity index (χ1v) is 8.56. The fourth-order valence-corrected chi connectivity index (χ4v) is 2.25. The van der Waals surface area contributed by atoms with Crippen LogP contribution in [0.5, 0.6) is 23.0 Å². The van der Waals surface area contributed by atoms with Crippen LogP contribution in [0.2, 0.25) is 0 Å². The Morgan fingerprint density at radius 3 is 2.41 bits per heavy atom. The Kier molecular flexibility index (Phi) is 7.43. The Hall–Kier alpha value is -3.28. The molecular weight excluding hydrogens is 348 g/mol. The van der Waals surface area contributed by atoms with E-state index in [1.54, 1.807) is 24.5 Å². The first kappa shape index (κ1) is 20.0. The summed E-state index contributed by atoms with van der Waals surface area (Å²) in [6.07, 6.45) is 4.64. The van der Waals surface area contributed by atoms with E-state index in [2.05, 4.69) is 0 Å². The average molecular weight is 372 g/mol. The summed E-state index contributed by atoms with van der Waals surface area (Å²) in [5.41, 5.74) is 1.93. The normalized spacial score (nSPS) is 12.0. The van der Waals surface area contributed by atoms with Gasteiger partial charge in [0.2, 0.25) is 0 Å². The number of ether oxygens (including phenoxy) is 2. The fourth-order valence-electron chi connectivity index (χ4n) is 2.25. The van der Waals surface area contributed by atoms with E-state index in [9.17, 15) is 20.4 Å². The molecule has 0 bridgehead atoms. The van der Waals surface area contributed by atoms with Crippen LogP contribution in [-0.4, -0.2) is 33.6 Å². The molecule has 0 saturated carbocycles. The number of hydrogen-bond acceptors (Lipinski definition) is 6. The van der Waals surface area contributed by atoms with Crippen molar-refractivity contribution in [3.63, 3.8) is 0 Å². The molecule has 0 aliphatic heterocycles. The number of aliphatic hydroxyl groups is 1.